The van der Waals surface area contributed by atoms with Gasteiger partial charge in [-0.2, -0.15) is 0 Å². The van der Waals surface area contributed by atoms with E-state index in [-0.39, 0.29) is 5.91 Å². The van der Waals surface area contributed by atoms with Crippen molar-refractivity contribution >= 4 is 5.91 Å². The number of amides is 1. The van der Waals surface area contributed by atoms with Crippen LogP contribution in [-0.4, -0.2) is 41.0 Å². The van der Waals surface area contributed by atoms with Gasteiger partial charge in [0.05, 0.1) is 13.4 Å². The highest BCUT2D eigenvalue weighted by molar-refractivity contribution is 5.92. The van der Waals surface area contributed by atoms with Gasteiger partial charge >= 0.3 is 0 Å². The maximum Gasteiger partial charge on any atom is 0.274 e. The van der Waals surface area contributed by atoms with E-state index in [1.807, 2.05) is 17.0 Å². The van der Waals surface area contributed by atoms with Crippen LogP contribution in [0.2, 0.25) is 0 Å². The summed E-state index contributed by atoms with van der Waals surface area (Å²) in [6, 6.07) is 6.42. The van der Waals surface area contributed by atoms with E-state index < -0.39 is 0 Å². The van der Waals surface area contributed by atoms with E-state index in [2.05, 4.69) is 28.7 Å². The van der Waals surface area contributed by atoms with Gasteiger partial charge in [-0.15, -0.1) is 6.58 Å². The number of benzene rings is 1. The minimum Gasteiger partial charge on any atom is -0.496 e. The Kier molecular flexibility index (Phi) is 5.53. The summed E-state index contributed by atoms with van der Waals surface area (Å²) in [7, 11) is 1.70. The first kappa shape index (κ1) is 17.3. The number of nitrogens with zero attached hydrogens (tertiary/aromatic N) is 2. The number of methoxy groups -OCH3 is 1. The monoisotopic (exact) mass is 339 g/mol. The topological polar surface area (TPSA) is 58.2 Å². The largest absolute Gasteiger partial charge is 0.496 e. The van der Waals surface area contributed by atoms with Crippen LogP contribution in [0.1, 0.15) is 34.5 Å². The Morgan fingerprint density at radius 3 is 2.88 bits per heavy atom. The van der Waals surface area contributed by atoms with E-state index in [0.29, 0.717) is 11.6 Å². The third kappa shape index (κ3) is 4.10. The number of piperidine rings is 1. The molecule has 1 fully saturated rings. The van der Waals surface area contributed by atoms with Crippen LogP contribution in [0.4, 0.5) is 0 Å². The summed E-state index contributed by atoms with van der Waals surface area (Å²) < 4.78 is 5.42. The zero-order chi connectivity index (χ0) is 17.6. The Hall–Kier alpha value is -2.56. The van der Waals surface area contributed by atoms with Crippen molar-refractivity contribution in [3.63, 3.8) is 0 Å². The van der Waals surface area contributed by atoms with E-state index in [1.165, 1.54) is 11.1 Å². The number of likely N-dealkylation sites (tertiary alicyclic amines) is 1. The summed E-state index contributed by atoms with van der Waals surface area (Å²) in [4.78, 5) is 21.1. The lowest BCUT2D eigenvalue weighted by Crippen LogP contribution is -2.39. The second-order valence-electron chi connectivity index (χ2n) is 6.53. The van der Waals surface area contributed by atoms with E-state index in [0.717, 1.165) is 44.5 Å². The van der Waals surface area contributed by atoms with Gasteiger partial charge in [-0.3, -0.25) is 4.79 Å². The fraction of sp³-hybridized carbons (Fsp3) is 0.400. The van der Waals surface area contributed by atoms with Crippen LogP contribution < -0.4 is 4.74 Å². The molecule has 1 aliphatic heterocycles. The molecule has 0 radical (unpaired) electrons. The first-order chi connectivity index (χ1) is 12.2. The lowest BCUT2D eigenvalue weighted by Gasteiger charge is -2.31. The molecule has 1 aromatic heterocycles. The predicted molar refractivity (Wildman–Crippen MR) is 97.8 cm³/mol. The van der Waals surface area contributed by atoms with Crippen molar-refractivity contribution in [1.29, 1.82) is 0 Å². The molecule has 25 heavy (non-hydrogen) atoms. The van der Waals surface area contributed by atoms with Crippen molar-refractivity contribution in [2.75, 3.05) is 20.2 Å². The molecule has 1 N–H and O–H groups in total. The van der Waals surface area contributed by atoms with Gasteiger partial charge in [0.2, 0.25) is 0 Å². The van der Waals surface area contributed by atoms with Gasteiger partial charge < -0.3 is 14.6 Å². The van der Waals surface area contributed by atoms with Crippen molar-refractivity contribution in [2.45, 2.75) is 25.7 Å². The number of imidazole rings is 1. The number of ether oxygens (including phenoxy) is 1. The third-order valence-corrected chi connectivity index (χ3v) is 4.85. The molecule has 1 aromatic carbocycles. The number of nitrogens with one attached hydrogen (secondary N) is 1. The van der Waals surface area contributed by atoms with Crippen LogP contribution in [0, 0.1) is 5.92 Å². The zero-order valence-electron chi connectivity index (χ0n) is 14.7. The van der Waals surface area contributed by atoms with E-state index in [4.69, 9.17) is 4.74 Å². The molecular weight excluding hydrogens is 314 g/mol. The fourth-order valence-corrected chi connectivity index (χ4v) is 3.49. The molecule has 1 aliphatic rings. The Bertz CT molecular complexity index is 717. The minimum atomic E-state index is 0.0254. The maximum atomic E-state index is 12.3. The molecular formula is C20H25N3O2. The first-order valence-electron chi connectivity index (χ1n) is 8.76. The number of aromatic nitrogens is 2. The summed E-state index contributed by atoms with van der Waals surface area (Å²) in [6.45, 7) is 5.42. The van der Waals surface area contributed by atoms with Crippen molar-refractivity contribution in [3.8, 4) is 5.75 Å². The Morgan fingerprint density at radius 1 is 1.44 bits per heavy atom. The molecule has 5 heteroatoms. The molecule has 2 aromatic rings. The molecule has 132 valence electrons. The normalized spacial score (nSPS) is 15.2. The maximum absolute atomic E-state index is 12.3. The van der Waals surface area contributed by atoms with Crippen LogP contribution in [0.25, 0.3) is 0 Å². The van der Waals surface area contributed by atoms with Crippen LogP contribution in [0.15, 0.2) is 43.4 Å². The predicted octanol–water partition coefficient (Wildman–Crippen LogP) is 3.24. The van der Waals surface area contributed by atoms with E-state index in [9.17, 15) is 4.79 Å². The smallest absolute Gasteiger partial charge is 0.274 e. The van der Waals surface area contributed by atoms with Gasteiger partial charge in [-0.1, -0.05) is 18.2 Å². The Morgan fingerprint density at radius 2 is 2.24 bits per heavy atom. The molecule has 5 nitrogen and oxygen atoms in total. The quantitative estimate of drug-likeness (QED) is 0.822. The first-order valence-corrected chi connectivity index (χ1v) is 8.76. The van der Waals surface area contributed by atoms with E-state index in [1.54, 1.807) is 19.6 Å². The molecule has 3 rings (SSSR count). The second-order valence-corrected chi connectivity index (χ2v) is 6.53. The molecule has 0 bridgehead atoms. The summed E-state index contributed by atoms with van der Waals surface area (Å²) in [6.07, 6.45) is 9.02. The molecule has 1 saturated heterocycles. The highest BCUT2D eigenvalue weighted by Gasteiger charge is 2.24. The standard InChI is InChI=1S/C20H25N3O2/c1-3-4-17-12-16(5-6-19(17)25-2)11-15-7-9-23(10-8-15)20(24)18-13-21-14-22-18/h3,5-6,12-15H,1,4,7-11H2,2H3,(H,21,22). The van der Waals surface area contributed by atoms with Gasteiger partial charge in [-0.25, -0.2) is 4.98 Å². The number of carbonyl (C=O) groups is 1. The number of hydrogen-bond acceptors (Lipinski definition) is 3. The Labute approximate surface area is 148 Å². The summed E-state index contributed by atoms with van der Waals surface area (Å²) in [5, 5.41) is 0. The lowest BCUT2D eigenvalue weighted by atomic mass is 9.89. The van der Waals surface area contributed by atoms with Gasteiger partial charge in [0.25, 0.3) is 5.91 Å². The van der Waals surface area contributed by atoms with Crippen molar-refractivity contribution in [1.82, 2.24) is 14.9 Å². The SMILES string of the molecule is C=CCc1cc(CC2CCN(C(=O)c3c[nH]cn3)CC2)ccc1OC. The highest BCUT2D eigenvalue weighted by atomic mass is 16.5. The van der Waals surface area contributed by atoms with Gasteiger partial charge in [0, 0.05) is 19.3 Å². The second kappa shape index (κ2) is 8.01. The van der Waals surface area contributed by atoms with Gasteiger partial charge in [0.15, 0.2) is 0 Å². The number of H-pyrrole nitrogens is 1. The molecule has 0 atom stereocenters. The molecule has 1 amide bonds. The van der Waals surface area contributed by atoms with Crippen LogP contribution in [0.5, 0.6) is 5.75 Å². The van der Waals surface area contributed by atoms with Crippen molar-refractivity contribution < 1.29 is 9.53 Å². The van der Waals surface area contributed by atoms with Gasteiger partial charge in [0.1, 0.15) is 11.4 Å². The average Bonchev–Trinajstić information content (AvgIpc) is 3.17. The summed E-state index contributed by atoms with van der Waals surface area (Å²) >= 11 is 0. The molecule has 2 heterocycles. The number of aromatic amines is 1. The Balaban J connectivity index is 1.58. The summed E-state index contributed by atoms with van der Waals surface area (Å²) in [5.41, 5.74) is 3.01. The summed E-state index contributed by atoms with van der Waals surface area (Å²) in [5.74, 6) is 1.55. The minimum absolute atomic E-state index is 0.0254. The van der Waals surface area contributed by atoms with Crippen LogP contribution in [0.3, 0.4) is 0 Å². The average molecular weight is 339 g/mol. The number of hydrogen-bond donors (Lipinski definition) is 1. The van der Waals surface area contributed by atoms with Gasteiger partial charge in [-0.05, 0) is 48.8 Å². The molecule has 0 saturated carbocycles. The molecule has 0 unspecified atom stereocenters. The number of carbonyl (C=O) groups excluding carboxylic acids is 1. The van der Waals surface area contributed by atoms with Crippen molar-refractivity contribution in [2.24, 2.45) is 5.92 Å². The fourth-order valence-electron chi connectivity index (χ4n) is 3.49. The lowest BCUT2D eigenvalue weighted by molar-refractivity contribution is 0.0685. The number of rotatable bonds is 6. The molecule has 0 aliphatic carbocycles. The third-order valence-electron chi connectivity index (χ3n) is 4.85. The molecule has 0 spiro atoms. The van der Waals surface area contributed by atoms with Crippen molar-refractivity contribution in [3.05, 3.63) is 60.2 Å². The highest BCUT2D eigenvalue weighted by Crippen LogP contribution is 2.26. The van der Waals surface area contributed by atoms with E-state index >= 15 is 0 Å². The number of allylic oxidation sites excluding steroid dienone is 1. The van der Waals surface area contributed by atoms with Crippen LogP contribution >= 0.6 is 0 Å². The zero-order valence-corrected chi connectivity index (χ0v) is 14.7. The van der Waals surface area contributed by atoms with Crippen LogP contribution in [-0.2, 0) is 12.8 Å².